The van der Waals surface area contributed by atoms with E-state index in [4.69, 9.17) is 14.8 Å². The van der Waals surface area contributed by atoms with Crippen LogP contribution in [0, 0.1) is 12.8 Å². The molecule has 1 fully saturated rings. The number of hydrogen-bond acceptors (Lipinski definition) is 6. The van der Waals surface area contributed by atoms with Gasteiger partial charge in [-0.2, -0.15) is 5.10 Å². The third-order valence-corrected chi connectivity index (χ3v) is 7.59. The van der Waals surface area contributed by atoms with Crippen molar-refractivity contribution in [3.05, 3.63) is 59.5 Å². The number of nitrogens with zero attached hydrogens (tertiary/aromatic N) is 7. The van der Waals surface area contributed by atoms with Crippen LogP contribution in [0.4, 0.5) is 0 Å². The minimum atomic E-state index is -1.10. The highest BCUT2D eigenvalue weighted by Crippen LogP contribution is 2.43. The smallest absolute Gasteiger partial charge is 0.137 e. The number of pyridine rings is 1. The minimum absolute atomic E-state index is 0.0261. The van der Waals surface area contributed by atoms with E-state index in [9.17, 15) is 5.11 Å². The third-order valence-electron chi connectivity index (χ3n) is 7.59. The zero-order valence-electron chi connectivity index (χ0n) is 22.0. The summed E-state index contributed by atoms with van der Waals surface area (Å²) >= 11 is 0. The highest BCUT2D eigenvalue weighted by molar-refractivity contribution is 6.05. The molecule has 1 aliphatic rings. The lowest BCUT2D eigenvalue weighted by Gasteiger charge is -2.33. The molecular formula is C28H33N7O2. The topological polar surface area (TPSA) is 95.8 Å². The number of aromatic nitrogens is 7. The van der Waals surface area contributed by atoms with E-state index in [0.717, 1.165) is 70.8 Å². The van der Waals surface area contributed by atoms with Crippen LogP contribution in [-0.4, -0.2) is 52.6 Å². The maximum absolute atomic E-state index is 11.3. The van der Waals surface area contributed by atoms with Crippen molar-refractivity contribution in [1.82, 2.24) is 34.3 Å². The summed E-state index contributed by atoms with van der Waals surface area (Å²) < 4.78 is 11.7. The van der Waals surface area contributed by atoms with Crippen molar-refractivity contribution in [2.45, 2.75) is 45.3 Å². The lowest BCUT2D eigenvalue weighted by molar-refractivity contribution is 0.0546. The third kappa shape index (κ3) is 3.84. The van der Waals surface area contributed by atoms with Crippen LogP contribution >= 0.6 is 0 Å². The summed E-state index contributed by atoms with van der Waals surface area (Å²) in [5.74, 6) is 0.355. The van der Waals surface area contributed by atoms with Gasteiger partial charge in [-0.25, -0.2) is 4.68 Å². The quantitative estimate of drug-likeness (QED) is 0.388. The number of aryl methyl sites for hydroxylation is 3. The summed E-state index contributed by atoms with van der Waals surface area (Å²) in [4.78, 5) is 4.95. The van der Waals surface area contributed by atoms with Crippen LogP contribution in [0.15, 0.2) is 42.6 Å². The molecule has 0 spiro atoms. The van der Waals surface area contributed by atoms with E-state index in [0.29, 0.717) is 5.92 Å². The molecule has 4 aromatic heterocycles. The van der Waals surface area contributed by atoms with Crippen LogP contribution in [0.25, 0.3) is 33.3 Å². The minimum Gasteiger partial charge on any atom is -0.384 e. The Hall–Kier alpha value is -3.56. The molecule has 6 rings (SSSR count). The number of rotatable bonds is 5. The standard InChI is InChI=1S/C28H33N7O2/c1-17-24(33(4)32-30-17)20-15-21-22(29-16-20)23-26(27(28(2,3)36)34(5)31-23)35(21)25(18-9-7-6-8-10-18)19-11-13-37-14-12-19/h6-10,15-16,19,25,36H,11-14H2,1-5H3. The van der Waals surface area contributed by atoms with Crippen molar-refractivity contribution in [1.29, 1.82) is 0 Å². The number of fused-ring (bicyclic) bond motifs is 3. The van der Waals surface area contributed by atoms with Gasteiger partial charge >= 0.3 is 0 Å². The van der Waals surface area contributed by atoms with E-state index in [2.05, 4.69) is 51.3 Å². The van der Waals surface area contributed by atoms with Gasteiger partial charge in [0.1, 0.15) is 16.6 Å². The van der Waals surface area contributed by atoms with Gasteiger partial charge in [0.2, 0.25) is 0 Å². The summed E-state index contributed by atoms with van der Waals surface area (Å²) in [5.41, 5.74) is 7.18. The number of aliphatic hydroxyl groups is 1. The molecule has 0 aliphatic carbocycles. The van der Waals surface area contributed by atoms with Gasteiger partial charge < -0.3 is 14.4 Å². The van der Waals surface area contributed by atoms with Crippen molar-refractivity contribution in [3.63, 3.8) is 0 Å². The van der Waals surface area contributed by atoms with Gasteiger partial charge in [0.25, 0.3) is 0 Å². The summed E-state index contributed by atoms with van der Waals surface area (Å²) in [6.07, 6.45) is 3.79. The molecular weight excluding hydrogens is 466 g/mol. The van der Waals surface area contributed by atoms with Crippen molar-refractivity contribution < 1.29 is 9.84 Å². The van der Waals surface area contributed by atoms with Crippen molar-refractivity contribution in [2.24, 2.45) is 20.0 Å². The van der Waals surface area contributed by atoms with Crippen molar-refractivity contribution >= 4 is 22.1 Å². The SMILES string of the molecule is Cc1nnn(C)c1-c1cnc2c3nn(C)c(C(C)(C)O)c3n(C(c3ccccc3)C3CCOCC3)c2c1. The van der Waals surface area contributed by atoms with Crippen LogP contribution in [0.3, 0.4) is 0 Å². The Kier molecular flexibility index (Phi) is 5.65. The highest BCUT2D eigenvalue weighted by Gasteiger charge is 2.35. The number of benzene rings is 1. The Balaban J connectivity index is 1.73. The Labute approximate surface area is 215 Å². The molecule has 9 nitrogen and oxygen atoms in total. The van der Waals surface area contributed by atoms with E-state index in [1.165, 1.54) is 5.56 Å². The fraction of sp³-hybridized carbons (Fsp3) is 0.429. The normalized spacial score (nSPS) is 16.2. The fourth-order valence-corrected chi connectivity index (χ4v) is 6.11. The monoisotopic (exact) mass is 499 g/mol. The van der Waals surface area contributed by atoms with Crippen molar-refractivity contribution in [3.8, 4) is 11.3 Å². The molecule has 0 radical (unpaired) electrons. The van der Waals surface area contributed by atoms with Crippen molar-refractivity contribution in [2.75, 3.05) is 13.2 Å². The first-order valence-electron chi connectivity index (χ1n) is 12.8. The Morgan fingerprint density at radius 2 is 1.78 bits per heavy atom. The molecule has 5 heterocycles. The second kappa shape index (κ2) is 8.78. The molecule has 1 unspecified atom stereocenters. The first kappa shape index (κ1) is 23.8. The Bertz CT molecular complexity index is 1560. The second-order valence-electron chi connectivity index (χ2n) is 10.6. The average molecular weight is 500 g/mol. The molecule has 1 N–H and O–H groups in total. The predicted molar refractivity (Wildman–Crippen MR) is 142 cm³/mol. The summed E-state index contributed by atoms with van der Waals surface area (Å²) in [5, 5.41) is 24.7. The molecule has 1 saturated heterocycles. The van der Waals surface area contributed by atoms with E-state index < -0.39 is 5.60 Å². The summed E-state index contributed by atoms with van der Waals surface area (Å²) in [7, 11) is 3.80. The van der Waals surface area contributed by atoms with Gasteiger partial charge in [-0.15, -0.1) is 5.10 Å². The molecule has 0 saturated carbocycles. The molecule has 1 aromatic carbocycles. The largest absolute Gasteiger partial charge is 0.384 e. The van der Waals surface area contributed by atoms with Gasteiger partial charge in [-0.3, -0.25) is 9.67 Å². The summed E-state index contributed by atoms with van der Waals surface area (Å²) in [6, 6.07) is 12.8. The van der Waals surface area contributed by atoms with Crippen LogP contribution in [-0.2, 0) is 24.4 Å². The second-order valence-corrected chi connectivity index (χ2v) is 10.6. The van der Waals surface area contributed by atoms with E-state index in [1.54, 1.807) is 9.36 Å². The van der Waals surface area contributed by atoms with Gasteiger partial charge in [-0.05, 0) is 51.2 Å². The van der Waals surface area contributed by atoms with E-state index in [1.807, 2.05) is 41.1 Å². The molecule has 0 bridgehead atoms. The van der Waals surface area contributed by atoms with Gasteiger partial charge in [-0.1, -0.05) is 35.5 Å². The molecule has 5 aromatic rings. The van der Waals surface area contributed by atoms with Crippen LogP contribution in [0.1, 0.15) is 49.7 Å². The van der Waals surface area contributed by atoms with Gasteiger partial charge in [0.15, 0.2) is 0 Å². The molecule has 192 valence electrons. The van der Waals surface area contributed by atoms with E-state index >= 15 is 0 Å². The maximum atomic E-state index is 11.3. The first-order chi connectivity index (χ1) is 17.8. The molecule has 9 heteroatoms. The average Bonchev–Trinajstić information content (AvgIpc) is 3.50. The Morgan fingerprint density at radius 1 is 1.05 bits per heavy atom. The molecule has 1 aliphatic heterocycles. The lowest BCUT2D eigenvalue weighted by atomic mass is 9.86. The van der Waals surface area contributed by atoms with Crippen LogP contribution in [0.2, 0.25) is 0 Å². The first-order valence-corrected chi connectivity index (χ1v) is 12.8. The maximum Gasteiger partial charge on any atom is 0.137 e. The summed E-state index contributed by atoms with van der Waals surface area (Å²) in [6.45, 7) is 7.09. The Morgan fingerprint density at radius 3 is 2.43 bits per heavy atom. The lowest BCUT2D eigenvalue weighted by Crippen LogP contribution is -2.28. The fourth-order valence-electron chi connectivity index (χ4n) is 6.11. The van der Waals surface area contributed by atoms with Crippen LogP contribution < -0.4 is 0 Å². The van der Waals surface area contributed by atoms with Gasteiger partial charge in [0, 0.05) is 39.1 Å². The number of hydrogen-bond donors (Lipinski definition) is 1. The molecule has 0 amide bonds. The van der Waals surface area contributed by atoms with Crippen LogP contribution in [0.5, 0.6) is 0 Å². The number of ether oxygens (including phenoxy) is 1. The van der Waals surface area contributed by atoms with Gasteiger partial charge in [0.05, 0.1) is 34.2 Å². The highest BCUT2D eigenvalue weighted by atomic mass is 16.5. The predicted octanol–water partition coefficient (Wildman–Crippen LogP) is 4.27. The zero-order valence-corrected chi connectivity index (χ0v) is 22.0. The molecule has 1 atom stereocenters. The van der Waals surface area contributed by atoms with E-state index in [-0.39, 0.29) is 6.04 Å². The zero-order chi connectivity index (χ0) is 25.9. The molecule has 37 heavy (non-hydrogen) atoms.